The number of aliphatic hydroxyl groups is 8. The lowest BCUT2D eigenvalue weighted by Crippen LogP contribution is -2.66. The van der Waals surface area contributed by atoms with Crippen LogP contribution in [0.2, 0.25) is 0 Å². The summed E-state index contributed by atoms with van der Waals surface area (Å²) in [5, 5.41) is 85.9. The zero-order chi connectivity index (χ0) is 43.5. The van der Waals surface area contributed by atoms with Crippen molar-refractivity contribution in [3.63, 3.8) is 0 Å². The molecule has 0 aromatic rings. The van der Waals surface area contributed by atoms with E-state index >= 15 is 0 Å². The smallest absolute Gasteiger partial charge is 0.187 e. The van der Waals surface area contributed by atoms with Crippen molar-refractivity contribution < 1.29 is 78.7 Å². The SMILES string of the molecule is C[C@@H]1CC[C@@]2(OC1)O[C@@H]1C[C@@H]3[C@@H]4CC[C@H]5C[C@H](O[C@@H]6O[C@H](CO)[C@@H](O[C@@H]7O[C@H](C)[C@@H](O)[C@H](O)[C@@H]7O)[C@H](O)[C@H]6O[C@@H]6O[C@@H](C)[C@H](O)[C@@H](O)[C@H]6O)CC[C@]5(C)[C@@H]4CC[C@]3(C)[C@@H]1[C@@H]2C. The van der Waals surface area contributed by atoms with Crippen molar-refractivity contribution in [3.8, 4) is 0 Å². The first-order valence-electron chi connectivity index (χ1n) is 23.5. The molecule has 0 radical (unpaired) electrons. The third kappa shape index (κ3) is 7.50. The van der Waals surface area contributed by atoms with Crippen LogP contribution in [0.5, 0.6) is 0 Å². The van der Waals surface area contributed by atoms with E-state index in [0.29, 0.717) is 41.4 Å². The highest BCUT2D eigenvalue weighted by Gasteiger charge is 2.69. The van der Waals surface area contributed by atoms with Crippen LogP contribution in [0.1, 0.15) is 106 Å². The maximum absolute atomic E-state index is 12.0. The van der Waals surface area contributed by atoms with Crippen molar-refractivity contribution in [1.82, 2.24) is 0 Å². The lowest BCUT2D eigenvalue weighted by Gasteiger charge is -2.61. The summed E-state index contributed by atoms with van der Waals surface area (Å²) in [5.41, 5.74) is 0.350. The number of rotatable bonds is 7. The highest BCUT2D eigenvalue weighted by Crippen LogP contribution is 2.71. The first kappa shape index (κ1) is 45.5. The van der Waals surface area contributed by atoms with Gasteiger partial charge in [-0.05, 0) is 118 Å². The van der Waals surface area contributed by atoms with E-state index in [9.17, 15) is 40.9 Å². The molecular formula is C45H74O16. The van der Waals surface area contributed by atoms with Crippen molar-refractivity contribution in [1.29, 1.82) is 0 Å². The summed E-state index contributed by atoms with van der Waals surface area (Å²) in [6.07, 6.45) is -11.0. The molecule has 5 aliphatic heterocycles. The van der Waals surface area contributed by atoms with Crippen molar-refractivity contribution >= 4 is 0 Å². The Morgan fingerprint density at radius 2 is 1.23 bits per heavy atom. The molecule has 9 rings (SSSR count). The summed E-state index contributed by atoms with van der Waals surface area (Å²) in [4.78, 5) is 0. The molecule has 5 saturated heterocycles. The molecule has 0 aromatic carbocycles. The molecule has 350 valence electrons. The molecule has 1 spiro atoms. The second-order valence-corrected chi connectivity index (χ2v) is 21.5. The van der Waals surface area contributed by atoms with Crippen molar-refractivity contribution in [2.45, 2.75) is 216 Å². The van der Waals surface area contributed by atoms with Crippen LogP contribution >= 0.6 is 0 Å². The summed E-state index contributed by atoms with van der Waals surface area (Å²) >= 11 is 0. The molecule has 0 bridgehead atoms. The molecule has 16 heteroatoms. The topological polar surface area (TPSA) is 236 Å². The van der Waals surface area contributed by atoms with Crippen molar-refractivity contribution in [2.75, 3.05) is 13.2 Å². The number of hydrogen-bond acceptors (Lipinski definition) is 16. The predicted octanol–water partition coefficient (Wildman–Crippen LogP) is 1.32. The van der Waals surface area contributed by atoms with Gasteiger partial charge in [0.1, 0.15) is 61.0 Å². The quantitative estimate of drug-likeness (QED) is 0.169. The maximum Gasteiger partial charge on any atom is 0.187 e. The fourth-order valence-electron chi connectivity index (χ4n) is 14.6. The monoisotopic (exact) mass is 870 g/mol. The minimum atomic E-state index is -1.70. The molecule has 5 heterocycles. The Morgan fingerprint density at radius 1 is 0.590 bits per heavy atom. The van der Waals surface area contributed by atoms with Crippen LogP contribution in [0.3, 0.4) is 0 Å². The van der Waals surface area contributed by atoms with E-state index in [1.165, 1.54) is 26.7 Å². The fraction of sp³-hybridized carbons (Fsp3) is 1.00. The normalized spacial score (nSPS) is 59.7. The summed E-state index contributed by atoms with van der Waals surface area (Å²) < 4.78 is 50.3. The average molecular weight is 871 g/mol. The Labute approximate surface area is 359 Å². The summed E-state index contributed by atoms with van der Waals surface area (Å²) in [6, 6.07) is 0. The van der Waals surface area contributed by atoms with Crippen molar-refractivity contribution in [2.24, 2.45) is 52.3 Å². The lowest BCUT2D eigenvalue weighted by molar-refractivity contribution is -0.389. The Morgan fingerprint density at radius 3 is 1.85 bits per heavy atom. The van der Waals surface area contributed by atoms with Gasteiger partial charge in [0.25, 0.3) is 0 Å². The van der Waals surface area contributed by atoms with Gasteiger partial charge < -0.3 is 78.7 Å². The molecule has 16 nitrogen and oxygen atoms in total. The minimum Gasteiger partial charge on any atom is -0.394 e. The van der Waals surface area contributed by atoms with Crippen LogP contribution < -0.4 is 0 Å². The van der Waals surface area contributed by atoms with Crippen LogP contribution in [0.4, 0.5) is 0 Å². The number of hydrogen-bond donors (Lipinski definition) is 8. The van der Waals surface area contributed by atoms with Gasteiger partial charge in [-0.1, -0.05) is 27.7 Å². The average Bonchev–Trinajstić information content (AvgIpc) is 3.69. The molecule has 61 heavy (non-hydrogen) atoms. The van der Waals surface area contributed by atoms with Crippen LogP contribution in [-0.4, -0.2) is 164 Å². The molecule has 4 saturated carbocycles. The Balaban J connectivity index is 0.897. The summed E-state index contributed by atoms with van der Waals surface area (Å²) in [6.45, 7) is 12.9. The standard InChI is InChI=1S/C45H74O16/c1-19-9-14-45(54-18-19)20(2)30-28(61-45)16-27-25-8-7-23-15-24(10-12-43(23,5)26(25)11-13-44(27,30)6)57-42-39(60-41-36(52)34(50)32(48)22(4)56-41)37(53)38(29(17-46)58-42)59-40-35(51)33(49)31(47)21(3)55-40/h19-42,46-53H,7-18H2,1-6H3/t19-,20+,21-,22+,23+,24-,25-,26-,27-,28-,29-,30-,31-,32+,33+,34-,35+,36-,37+,38-,39-,40+,41+,42-,43+,44+,45-/m1/s1. The molecule has 9 fully saturated rings. The van der Waals surface area contributed by atoms with Gasteiger partial charge in [0.05, 0.1) is 37.6 Å². The Hall–Kier alpha value is -0.640. The molecule has 0 unspecified atom stereocenters. The van der Waals surface area contributed by atoms with Gasteiger partial charge in [-0.3, -0.25) is 0 Å². The van der Waals surface area contributed by atoms with Crippen molar-refractivity contribution in [3.05, 3.63) is 0 Å². The zero-order valence-corrected chi connectivity index (χ0v) is 36.7. The molecular weight excluding hydrogens is 796 g/mol. The zero-order valence-electron chi connectivity index (χ0n) is 36.7. The van der Waals surface area contributed by atoms with E-state index in [1.807, 2.05) is 0 Å². The summed E-state index contributed by atoms with van der Waals surface area (Å²) in [5.74, 6) is 3.27. The van der Waals surface area contributed by atoms with Gasteiger partial charge in [0, 0.05) is 12.3 Å². The minimum absolute atomic E-state index is 0.122. The molecule has 9 aliphatic rings. The van der Waals surface area contributed by atoms with Gasteiger partial charge in [-0.2, -0.15) is 0 Å². The predicted molar refractivity (Wildman–Crippen MR) is 213 cm³/mol. The number of ether oxygens (including phenoxy) is 8. The first-order chi connectivity index (χ1) is 28.9. The van der Waals surface area contributed by atoms with Crippen LogP contribution in [-0.2, 0) is 37.9 Å². The van der Waals surface area contributed by atoms with E-state index in [1.54, 1.807) is 0 Å². The Bertz CT molecular complexity index is 1530. The number of aliphatic hydroxyl groups excluding tert-OH is 8. The molecule has 27 atom stereocenters. The number of fused-ring (bicyclic) bond motifs is 7. The van der Waals surface area contributed by atoms with E-state index in [-0.39, 0.29) is 23.0 Å². The largest absolute Gasteiger partial charge is 0.394 e. The molecule has 0 amide bonds. The van der Waals surface area contributed by atoms with E-state index < -0.39 is 105 Å². The fourth-order valence-corrected chi connectivity index (χ4v) is 14.6. The van der Waals surface area contributed by atoms with Gasteiger partial charge in [-0.15, -0.1) is 0 Å². The van der Waals surface area contributed by atoms with Gasteiger partial charge in [0.2, 0.25) is 0 Å². The van der Waals surface area contributed by atoms with Gasteiger partial charge in [-0.25, -0.2) is 0 Å². The molecule has 4 aliphatic carbocycles. The second kappa shape index (κ2) is 16.9. The van der Waals surface area contributed by atoms with Gasteiger partial charge >= 0.3 is 0 Å². The molecule has 8 N–H and O–H groups in total. The second-order valence-electron chi connectivity index (χ2n) is 21.5. The third-order valence-corrected chi connectivity index (χ3v) is 18.2. The maximum atomic E-state index is 12.0. The van der Waals surface area contributed by atoms with E-state index in [2.05, 4.69) is 27.7 Å². The van der Waals surface area contributed by atoms with Crippen LogP contribution in [0, 0.1) is 52.3 Å². The molecule has 0 aromatic heterocycles. The van der Waals surface area contributed by atoms with Gasteiger partial charge in [0.15, 0.2) is 24.7 Å². The summed E-state index contributed by atoms with van der Waals surface area (Å²) in [7, 11) is 0. The third-order valence-electron chi connectivity index (χ3n) is 18.2. The van der Waals surface area contributed by atoms with Crippen LogP contribution in [0.25, 0.3) is 0 Å². The lowest BCUT2D eigenvalue weighted by atomic mass is 9.44. The van der Waals surface area contributed by atoms with Crippen LogP contribution in [0.15, 0.2) is 0 Å². The first-order valence-corrected chi connectivity index (χ1v) is 23.5. The highest BCUT2D eigenvalue weighted by atomic mass is 16.8. The van der Waals surface area contributed by atoms with E-state index in [0.717, 1.165) is 58.0 Å². The van der Waals surface area contributed by atoms with E-state index in [4.69, 9.17) is 37.9 Å². The highest BCUT2D eigenvalue weighted by molar-refractivity contribution is 5.15. The Kier molecular flexibility index (Phi) is 12.6.